The van der Waals surface area contributed by atoms with Gasteiger partial charge in [-0.25, -0.2) is 0 Å². The molecule has 0 bridgehead atoms. The van der Waals surface area contributed by atoms with E-state index in [9.17, 15) is 0 Å². The Labute approximate surface area is 428 Å². The summed E-state index contributed by atoms with van der Waals surface area (Å²) >= 11 is 0. The van der Waals surface area contributed by atoms with Gasteiger partial charge in [-0.3, -0.25) is 0 Å². The average Bonchev–Trinajstić information content (AvgIpc) is 4.06. The monoisotopic (exact) mass is 946 g/mol. The largest absolute Gasteiger partial charge is 0.454 e. The molecule has 0 radical (unpaired) electrons. The van der Waals surface area contributed by atoms with Gasteiger partial charge in [0.1, 0.15) is 11.2 Å². The highest BCUT2D eigenvalue weighted by molar-refractivity contribution is 6.16. The van der Waals surface area contributed by atoms with Crippen LogP contribution in [0.5, 0.6) is 0 Å². The summed E-state index contributed by atoms with van der Waals surface area (Å²) in [6.45, 7) is 0. The third kappa shape index (κ3) is 7.23. The Bertz CT molecular complexity index is 4370. The second-order valence-electron chi connectivity index (χ2n) is 18.7. The van der Waals surface area contributed by atoms with E-state index in [0.717, 1.165) is 133 Å². The van der Waals surface area contributed by atoms with E-state index >= 15 is 0 Å². The molecule has 348 valence electrons. The van der Waals surface area contributed by atoms with Crippen molar-refractivity contribution in [1.29, 1.82) is 0 Å². The number of anilines is 6. The molecule has 4 nitrogen and oxygen atoms in total. The van der Waals surface area contributed by atoms with Gasteiger partial charge in [0.15, 0.2) is 11.2 Å². The van der Waals surface area contributed by atoms with Crippen molar-refractivity contribution < 1.29 is 8.83 Å². The molecule has 14 rings (SSSR count). The molecule has 0 saturated heterocycles. The van der Waals surface area contributed by atoms with Crippen LogP contribution in [0, 0.1) is 0 Å². The predicted octanol–water partition coefficient (Wildman–Crippen LogP) is 20.2. The summed E-state index contributed by atoms with van der Waals surface area (Å²) in [5, 5.41) is 6.46. The van der Waals surface area contributed by atoms with E-state index in [1.54, 1.807) is 0 Å². The van der Waals surface area contributed by atoms with Gasteiger partial charge in [-0.15, -0.1) is 0 Å². The van der Waals surface area contributed by atoms with Gasteiger partial charge >= 0.3 is 0 Å². The zero-order chi connectivity index (χ0) is 49.0. The molecule has 0 amide bonds. The van der Waals surface area contributed by atoms with Gasteiger partial charge in [0.2, 0.25) is 0 Å². The highest BCUT2D eigenvalue weighted by atomic mass is 16.3. The fraction of sp³-hybridized carbons (Fsp3) is 0. The number of hydrogen-bond donors (Lipinski definition) is 0. The highest BCUT2D eigenvalue weighted by Crippen LogP contribution is 2.53. The van der Waals surface area contributed by atoms with Crippen molar-refractivity contribution in [1.82, 2.24) is 0 Å². The van der Waals surface area contributed by atoms with E-state index in [4.69, 9.17) is 8.83 Å². The molecule has 0 spiro atoms. The van der Waals surface area contributed by atoms with Crippen molar-refractivity contribution in [2.24, 2.45) is 0 Å². The van der Waals surface area contributed by atoms with Gasteiger partial charge in [-0.05, 0) is 87.6 Å². The van der Waals surface area contributed by atoms with Crippen LogP contribution in [0.3, 0.4) is 0 Å². The molecule has 14 aromatic rings. The van der Waals surface area contributed by atoms with Crippen LogP contribution in [-0.4, -0.2) is 0 Å². The summed E-state index contributed by atoms with van der Waals surface area (Å²) in [5.41, 5.74) is 18.1. The van der Waals surface area contributed by atoms with E-state index in [-0.39, 0.29) is 0 Å². The predicted molar refractivity (Wildman–Crippen MR) is 310 cm³/mol. The third-order valence-electron chi connectivity index (χ3n) is 14.5. The maximum Gasteiger partial charge on any atom is 0.159 e. The Kier molecular flexibility index (Phi) is 10.5. The van der Waals surface area contributed by atoms with Crippen molar-refractivity contribution in [3.05, 3.63) is 279 Å². The molecule has 4 heteroatoms. The summed E-state index contributed by atoms with van der Waals surface area (Å²) in [4.78, 5) is 4.87. The van der Waals surface area contributed by atoms with Gasteiger partial charge in [0, 0.05) is 43.8 Å². The van der Waals surface area contributed by atoms with E-state index in [2.05, 4.69) is 277 Å². The number of hydrogen-bond acceptors (Lipinski definition) is 4. The first-order valence-corrected chi connectivity index (χ1v) is 25.2. The second-order valence-corrected chi connectivity index (χ2v) is 18.7. The highest BCUT2D eigenvalue weighted by Gasteiger charge is 2.29. The Morgan fingerprint density at radius 2 is 0.622 bits per heavy atom. The minimum atomic E-state index is 0.815. The lowest BCUT2D eigenvalue weighted by atomic mass is 9.90. The molecule has 0 aliphatic heterocycles. The normalized spacial score (nSPS) is 11.5. The first kappa shape index (κ1) is 42.9. The maximum atomic E-state index is 6.98. The topological polar surface area (TPSA) is 32.8 Å². The number of furan rings is 2. The number of nitrogens with zero attached hydrogens (tertiary/aromatic N) is 2. The molecule has 74 heavy (non-hydrogen) atoms. The minimum absolute atomic E-state index is 0.815. The molecule has 0 unspecified atom stereocenters. The lowest BCUT2D eigenvalue weighted by molar-refractivity contribution is 0.669. The average molecular weight is 947 g/mol. The molecule has 0 N–H and O–H groups in total. The van der Waals surface area contributed by atoms with E-state index in [1.807, 2.05) is 12.1 Å². The molecule has 12 aromatic carbocycles. The van der Waals surface area contributed by atoms with Crippen molar-refractivity contribution in [2.45, 2.75) is 0 Å². The quantitative estimate of drug-likeness (QED) is 0.137. The number of para-hydroxylation sites is 6. The van der Waals surface area contributed by atoms with Crippen LogP contribution in [-0.2, 0) is 0 Å². The number of benzene rings is 12. The van der Waals surface area contributed by atoms with Crippen LogP contribution in [0.25, 0.3) is 99.2 Å². The molecule has 0 aliphatic rings. The molecule has 2 aromatic heterocycles. The molecule has 2 heterocycles. The summed E-state index contributed by atoms with van der Waals surface area (Å²) in [6.07, 6.45) is 0. The van der Waals surface area contributed by atoms with Crippen molar-refractivity contribution >= 4 is 88.8 Å². The first-order valence-electron chi connectivity index (χ1n) is 25.2. The standard InChI is InChI=1S/C70H46N2O2/c1-5-23-47(24-6-1)52-31-13-17-37-60(52)71(63-39-21-35-56-54-33-15-19-41-66(54)73-69(56)63)62-44-43-51-45-58(49-27-9-3-10-28-49)65(46-59(51)68(62)50-29-11-4-12-30-50)72(61-38-18-14-32-53(61)48-25-7-2-8-26-48)64-40-22-36-57-55-34-16-20-42-67(55)74-70(57)64/h1-46H. The molecule has 0 saturated carbocycles. The van der Waals surface area contributed by atoms with Crippen LogP contribution < -0.4 is 9.80 Å². The maximum absolute atomic E-state index is 6.98. The van der Waals surface area contributed by atoms with E-state index < -0.39 is 0 Å². The number of rotatable bonds is 10. The molecular formula is C70H46N2O2. The fourth-order valence-electron chi connectivity index (χ4n) is 11.1. The summed E-state index contributed by atoms with van der Waals surface area (Å²) in [5.74, 6) is 0. The molecular weight excluding hydrogens is 901 g/mol. The minimum Gasteiger partial charge on any atom is -0.454 e. The zero-order valence-corrected chi connectivity index (χ0v) is 40.3. The first-order chi connectivity index (χ1) is 36.7. The Hall–Kier alpha value is -9.90. The number of fused-ring (bicyclic) bond motifs is 7. The lowest BCUT2D eigenvalue weighted by Gasteiger charge is -2.32. The Morgan fingerprint density at radius 3 is 1.14 bits per heavy atom. The van der Waals surface area contributed by atoms with Gasteiger partial charge in [0.25, 0.3) is 0 Å². The van der Waals surface area contributed by atoms with E-state index in [0.29, 0.717) is 0 Å². The lowest BCUT2D eigenvalue weighted by Crippen LogP contribution is -2.14. The second kappa shape index (κ2) is 18.1. The van der Waals surface area contributed by atoms with Crippen LogP contribution >= 0.6 is 0 Å². The van der Waals surface area contributed by atoms with E-state index in [1.165, 1.54) is 0 Å². The van der Waals surface area contributed by atoms with Crippen LogP contribution in [0.15, 0.2) is 288 Å². The van der Waals surface area contributed by atoms with Crippen molar-refractivity contribution in [2.75, 3.05) is 9.80 Å². The fourth-order valence-corrected chi connectivity index (χ4v) is 11.1. The summed E-state index contributed by atoms with van der Waals surface area (Å²) in [6, 6.07) is 99.7. The van der Waals surface area contributed by atoms with Gasteiger partial charge in [-0.2, -0.15) is 0 Å². The Morgan fingerprint density at radius 1 is 0.230 bits per heavy atom. The zero-order valence-electron chi connectivity index (χ0n) is 40.3. The van der Waals surface area contributed by atoms with Gasteiger partial charge in [-0.1, -0.05) is 224 Å². The summed E-state index contributed by atoms with van der Waals surface area (Å²) < 4.78 is 13.9. The van der Waals surface area contributed by atoms with Crippen LogP contribution in [0.4, 0.5) is 34.1 Å². The van der Waals surface area contributed by atoms with Crippen molar-refractivity contribution in [3.63, 3.8) is 0 Å². The SMILES string of the molecule is c1ccc(-c2ccccc2N(c2cc3c(-c4ccccc4)c(N(c4ccccc4-c4ccccc4)c4cccc5c4oc4ccccc45)ccc3cc2-c2ccccc2)c2cccc3c2oc2ccccc23)cc1. The Balaban J connectivity index is 1.13. The summed E-state index contributed by atoms with van der Waals surface area (Å²) in [7, 11) is 0. The van der Waals surface area contributed by atoms with Crippen molar-refractivity contribution in [3.8, 4) is 44.5 Å². The smallest absolute Gasteiger partial charge is 0.159 e. The van der Waals surface area contributed by atoms with Gasteiger partial charge < -0.3 is 18.6 Å². The molecule has 0 atom stereocenters. The third-order valence-corrected chi connectivity index (χ3v) is 14.5. The van der Waals surface area contributed by atoms with Crippen LogP contribution in [0.1, 0.15) is 0 Å². The van der Waals surface area contributed by atoms with Gasteiger partial charge in [0.05, 0.1) is 34.1 Å². The molecule has 0 fully saturated rings. The molecule has 0 aliphatic carbocycles. The van der Waals surface area contributed by atoms with Crippen LogP contribution in [0.2, 0.25) is 0 Å².